The zero-order valence-electron chi connectivity index (χ0n) is 5.91. The molecule has 2 amide bonds. The van der Waals surface area contributed by atoms with Crippen LogP contribution in [-0.4, -0.2) is 11.0 Å². The summed E-state index contributed by atoms with van der Waals surface area (Å²) in [5.41, 5.74) is 6.75. The number of nitrogens with zero attached hydrogens (tertiary/aromatic N) is 1. The van der Waals surface area contributed by atoms with Crippen molar-refractivity contribution < 1.29 is 9.63 Å². The summed E-state index contributed by atoms with van der Waals surface area (Å²) >= 11 is 4.67. The van der Waals surface area contributed by atoms with Crippen molar-refractivity contribution in [1.29, 1.82) is 0 Å². The van der Waals surface area contributed by atoms with E-state index in [4.69, 9.17) is 10.6 Å². The molecule has 0 atom stereocenters. The predicted molar refractivity (Wildman–Crippen MR) is 47.3 cm³/mol. The average molecular weight is 252 g/mol. The highest BCUT2D eigenvalue weighted by molar-refractivity contribution is 9.11. The normalized spacial score (nSPS) is 9.75. The van der Waals surface area contributed by atoms with E-state index in [1.165, 1.54) is 11.3 Å². The van der Waals surface area contributed by atoms with Crippen LogP contribution >= 0.6 is 27.3 Å². The molecule has 1 rings (SSSR count). The van der Waals surface area contributed by atoms with Gasteiger partial charge in [0, 0.05) is 0 Å². The van der Waals surface area contributed by atoms with Crippen LogP contribution in [0, 0.1) is 0 Å². The second-order valence-electron chi connectivity index (χ2n) is 1.81. The zero-order chi connectivity index (χ0) is 8.97. The monoisotopic (exact) mass is 251 g/mol. The van der Waals surface area contributed by atoms with Crippen LogP contribution in [0.5, 0.6) is 0 Å². The average Bonchev–Trinajstić information content (AvgIpc) is 2.35. The molecular formula is C5H6BrN3O2S. The summed E-state index contributed by atoms with van der Waals surface area (Å²) in [7, 11) is 0. The van der Waals surface area contributed by atoms with E-state index in [1.54, 1.807) is 6.20 Å². The summed E-state index contributed by atoms with van der Waals surface area (Å²) in [6.45, 7) is 0.221. The Labute approximate surface area is 81.0 Å². The molecule has 0 aliphatic rings. The van der Waals surface area contributed by atoms with Crippen LogP contribution in [0.3, 0.4) is 0 Å². The van der Waals surface area contributed by atoms with Gasteiger partial charge in [0.15, 0.2) is 0 Å². The van der Waals surface area contributed by atoms with Gasteiger partial charge < -0.3 is 5.73 Å². The lowest BCUT2D eigenvalue weighted by Gasteiger charge is -1.98. The van der Waals surface area contributed by atoms with Gasteiger partial charge in [-0.1, -0.05) is 0 Å². The smallest absolute Gasteiger partial charge is 0.336 e. The predicted octanol–water partition coefficient (Wildman–Crippen LogP) is 1.01. The minimum absolute atomic E-state index is 0.221. The van der Waals surface area contributed by atoms with Crippen LogP contribution in [-0.2, 0) is 11.4 Å². The number of nitrogens with one attached hydrogen (secondary N) is 1. The van der Waals surface area contributed by atoms with E-state index in [-0.39, 0.29) is 6.61 Å². The molecule has 0 bridgehead atoms. The summed E-state index contributed by atoms with van der Waals surface area (Å²) in [6.07, 6.45) is 1.66. The lowest BCUT2D eigenvalue weighted by Crippen LogP contribution is -2.29. The second-order valence-corrected chi connectivity index (χ2v) is 4.31. The lowest BCUT2D eigenvalue weighted by molar-refractivity contribution is 0.0520. The van der Waals surface area contributed by atoms with E-state index in [9.17, 15) is 4.79 Å². The van der Waals surface area contributed by atoms with E-state index in [1.807, 2.05) is 5.48 Å². The Morgan fingerprint density at radius 1 is 1.92 bits per heavy atom. The molecule has 1 heterocycles. The Kier molecular flexibility index (Phi) is 3.45. The quantitative estimate of drug-likeness (QED) is 0.788. The molecule has 1 aromatic heterocycles. The molecule has 3 N–H and O–H groups in total. The number of carbonyl (C=O) groups excluding carboxylic acids is 1. The number of halogens is 1. The first kappa shape index (κ1) is 9.43. The molecule has 0 aliphatic carbocycles. The third-order valence-electron chi connectivity index (χ3n) is 0.894. The first-order valence-electron chi connectivity index (χ1n) is 2.96. The summed E-state index contributed by atoms with van der Waals surface area (Å²) < 4.78 is 0.917. The minimum Gasteiger partial charge on any atom is -0.350 e. The van der Waals surface area contributed by atoms with Crippen molar-refractivity contribution in [3.8, 4) is 0 Å². The molecule has 0 radical (unpaired) electrons. The number of hydroxylamine groups is 1. The Bertz CT molecular complexity index is 277. The standard InChI is InChI=1S/C5H6BrN3O2S/c6-3-1-8-4(12-3)2-11-9-5(7)10/h1H,2H2,(H3,7,9,10). The molecule has 1 aromatic rings. The number of thiazole rings is 1. The molecule has 0 aliphatic heterocycles. The van der Waals surface area contributed by atoms with Crippen LogP contribution in [0.4, 0.5) is 4.79 Å². The van der Waals surface area contributed by atoms with Crippen LogP contribution < -0.4 is 11.2 Å². The van der Waals surface area contributed by atoms with Crippen molar-refractivity contribution >= 4 is 33.3 Å². The third-order valence-corrected chi connectivity index (χ3v) is 2.34. The largest absolute Gasteiger partial charge is 0.350 e. The summed E-state index contributed by atoms with van der Waals surface area (Å²) in [5, 5.41) is 0.760. The summed E-state index contributed by atoms with van der Waals surface area (Å²) in [4.78, 5) is 18.8. The molecule has 0 fully saturated rings. The third kappa shape index (κ3) is 3.16. The number of nitrogens with two attached hydrogens (primary N) is 1. The summed E-state index contributed by atoms with van der Waals surface area (Å²) in [5.74, 6) is 0. The lowest BCUT2D eigenvalue weighted by atomic mass is 10.8. The molecule has 12 heavy (non-hydrogen) atoms. The highest BCUT2D eigenvalue weighted by atomic mass is 79.9. The van der Waals surface area contributed by atoms with Gasteiger partial charge in [0.1, 0.15) is 11.6 Å². The van der Waals surface area contributed by atoms with Crippen molar-refractivity contribution in [3.63, 3.8) is 0 Å². The Balaban J connectivity index is 2.29. The van der Waals surface area contributed by atoms with Gasteiger partial charge in [0.05, 0.1) is 9.98 Å². The van der Waals surface area contributed by atoms with Gasteiger partial charge in [-0.25, -0.2) is 15.3 Å². The zero-order valence-corrected chi connectivity index (χ0v) is 8.31. The first-order chi connectivity index (χ1) is 5.68. The van der Waals surface area contributed by atoms with Crippen LogP contribution in [0.25, 0.3) is 0 Å². The van der Waals surface area contributed by atoms with Crippen LogP contribution in [0.1, 0.15) is 5.01 Å². The minimum atomic E-state index is -0.717. The van der Waals surface area contributed by atoms with Crippen molar-refractivity contribution in [2.75, 3.05) is 0 Å². The number of hydrogen-bond donors (Lipinski definition) is 2. The van der Waals surface area contributed by atoms with Gasteiger partial charge in [0.2, 0.25) is 0 Å². The van der Waals surface area contributed by atoms with E-state index in [0.29, 0.717) is 0 Å². The molecule has 0 spiro atoms. The van der Waals surface area contributed by atoms with Crippen molar-refractivity contribution in [3.05, 3.63) is 15.0 Å². The van der Waals surface area contributed by atoms with Crippen molar-refractivity contribution in [1.82, 2.24) is 10.5 Å². The fourth-order valence-corrected chi connectivity index (χ4v) is 1.74. The maximum absolute atomic E-state index is 10.2. The summed E-state index contributed by atoms with van der Waals surface area (Å²) in [6, 6.07) is -0.717. The SMILES string of the molecule is NC(=O)NOCc1ncc(Br)s1. The van der Waals surface area contributed by atoms with E-state index >= 15 is 0 Å². The fraction of sp³-hybridized carbons (Fsp3) is 0.200. The highest BCUT2D eigenvalue weighted by Crippen LogP contribution is 2.19. The van der Waals surface area contributed by atoms with Gasteiger partial charge in [-0.05, 0) is 15.9 Å². The van der Waals surface area contributed by atoms with E-state index in [2.05, 4.69) is 20.9 Å². The van der Waals surface area contributed by atoms with Crippen molar-refractivity contribution in [2.45, 2.75) is 6.61 Å². The number of rotatable bonds is 3. The fourth-order valence-electron chi connectivity index (χ4n) is 0.524. The van der Waals surface area contributed by atoms with Crippen LogP contribution in [0.15, 0.2) is 9.98 Å². The van der Waals surface area contributed by atoms with E-state index in [0.717, 1.165) is 8.79 Å². The number of aromatic nitrogens is 1. The Morgan fingerprint density at radius 3 is 3.17 bits per heavy atom. The number of amides is 2. The Hall–Kier alpha value is -0.660. The molecule has 7 heteroatoms. The van der Waals surface area contributed by atoms with Gasteiger partial charge in [-0.15, -0.1) is 11.3 Å². The van der Waals surface area contributed by atoms with E-state index < -0.39 is 6.03 Å². The Morgan fingerprint density at radius 2 is 2.67 bits per heavy atom. The number of primary amides is 1. The van der Waals surface area contributed by atoms with Crippen LogP contribution in [0.2, 0.25) is 0 Å². The molecule has 0 aromatic carbocycles. The molecular weight excluding hydrogens is 246 g/mol. The number of carbonyl (C=O) groups is 1. The highest BCUT2D eigenvalue weighted by Gasteiger charge is 1.99. The van der Waals surface area contributed by atoms with Gasteiger partial charge in [-0.2, -0.15) is 0 Å². The molecule has 0 unspecified atom stereocenters. The van der Waals surface area contributed by atoms with Gasteiger partial charge in [0.25, 0.3) is 0 Å². The topological polar surface area (TPSA) is 77.2 Å². The first-order valence-corrected chi connectivity index (χ1v) is 4.57. The molecule has 0 saturated heterocycles. The molecule has 0 saturated carbocycles. The molecule has 66 valence electrons. The maximum Gasteiger partial charge on any atom is 0.336 e. The van der Waals surface area contributed by atoms with Gasteiger partial charge >= 0.3 is 6.03 Å². The second kappa shape index (κ2) is 4.39. The van der Waals surface area contributed by atoms with Gasteiger partial charge in [-0.3, -0.25) is 4.84 Å². The number of urea groups is 1. The molecule has 5 nitrogen and oxygen atoms in total. The van der Waals surface area contributed by atoms with Crippen molar-refractivity contribution in [2.24, 2.45) is 5.73 Å². The maximum atomic E-state index is 10.2. The number of hydrogen-bond acceptors (Lipinski definition) is 4.